The number of aromatic nitrogens is 3. The minimum Gasteiger partial charge on any atom is -0.318 e. The average molecular weight is 823 g/mol. The first kappa shape index (κ1) is 40.5. The fraction of sp³-hybridized carbons (Fsp3) is 0.271. The molecular weight excluding hydrogens is 765 g/mol. The number of hydrogen-bond donors (Lipinski definition) is 0. The minimum absolute atomic E-state index is 0.0280. The Hall–Kier alpha value is -6.57. The molecule has 0 aliphatic rings. The molecular formula is C59H58N4. The van der Waals surface area contributed by atoms with Gasteiger partial charge in [-0.2, -0.15) is 0 Å². The van der Waals surface area contributed by atoms with Gasteiger partial charge in [-0.3, -0.25) is 0 Å². The molecule has 314 valence electrons. The van der Waals surface area contributed by atoms with Crippen molar-refractivity contribution in [1.82, 2.24) is 13.7 Å². The third-order valence-electron chi connectivity index (χ3n) is 13.5. The zero-order chi connectivity index (χ0) is 44.5. The van der Waals surface area contributed by atoms with Crippen LogP contribution in [0.15, 0.2) is 133 Å². The second kappa shape index (κ2) is 13.7. The molecule has 10 rings (SSSR count). The number of rotatable bonds is 3. The fourth-order valence-corrected chi connectivity index (χ4v) is 9.86. The Bertz CT molecular complexity index is 3390. The summed E-state index contributed by atoms with van der Waals surface area (Å²) in [5.41, 5.74) is 15.2. The molecule has 0 atom stereocenters. The molecule has 0 saturated heterocycles. The molecule has 0 amide bonds. The summed E-state index contributed by atoms with van der Waals surface area (Å²) >= 11 is 0. The van der Waals surface area contributed by atoms with Gasteiger partial charge in [0.15, 0.2) is 0 Å². The van der Waals surface area contributed by atoms with E-state index in [0.29, 0.717) is 5.69 Å². The highest BCUT2D eigenvalue weighted by atomic mass is 15.1. The van der Waals surface area contributed by atoms with Crippen LogP contribution in [0.1, 0.15) is 105 Å². The standard InChI is InChI=1S/C59H58N4/c1-56(2,3)36-23-27-48-42(31-36)43-32-37(57(4,5)6)24-28-49(43)62(48)52-35-46(60-13)54(53-41-21-17-18-22-47(41)61(55(52)53)40-19-15-14-16-20-40)63-50-29-25-38(58(7,8)9)33-44(50)45-34-39(59(10,11)12)26-30-51(45)63/h14-35H,1-12H3. The Morgan fingerprint density at radius 2 is 0.762 bits per heavy atom. The summed E-state index contributed by atoms with van der Waals surface area (Å²) in [5.74, 6) is 0. The lowest BCUT2D eigenvalue weighted by Gasteiger charge is -2.21. The van der Waals surface area contributed by atoms with E-state index in [2.05, 4.69) is 235 Å². The van der Waals surface area contributed by atoms with E-state index < -0.39 is 0 Å². The van der Waals surface area contributed by atoms with Crippen LogP contribution in [-0.4, -0.2) is 13.7 Å². The van der Waals surface area contributed by atoms with Gasteiger partial charge in [-0.25, -0.2) is 4.85 Å². The molecule has 10 aromatic rings. The third-order valence-corrected chi connectivity index (χ3v) is 13.5. The molecule has 0 spiro atoms. The van der Waals surface area contributed by atoms with E-state index >= 15 is 0 Å². The van der Waals surface area contributed by atoms with Gasteiger partial charge in [0.2, 0.25) is 5.69 Å². The zero-order valence-electron chi connectivity index (χ0n) is 39.0. The number of fused-ring (bicyclic) bond motifs is 9. The van der Waals surface area contributed by atoms with Gasteiger partial charge < -0.3 is 13.7 Å². The molecule has 3 aromatic heterocycles. The van der Waals surface area contributed by atoms with Gasteiger partial charge in [0.1, 0.15) is 0 Å². The van der Waals surface area contributed by atoms with Crippen LogP contribution in [0.25, 0.3) is 87.3 Å². The summed E-state index contributed by atoms with van der Waals surface area (Å²) < 4.78 is 7.28. The van der Waals surface area contributed by atoms with Crippen molar-refractivity contribution in [3.05, 3.63) is 167 Å². The monoisotopic (exact) mass is 822 g/mol. The van der Waals surface area contributed by atoms with Crippen molar-refractivity contribution >= 4 is 71.1 Å². The number of hydrogen-bond acceptors (Lipinski definition) is 0. The van der Waals surface area contributed by atoms with Gasteiger partial charge in [0.25, 0.3) is 0 Å². The Morgan fingerprint density at radius 1 is 0.381 bits per heavy atom. The molecule has 0 aliphatic carbocycles. The van der Waals surface area contributed by atoms with Gasteiger partial charge in [-0.05, 0) is 117 Å². The van der Waals surface area contributed by atoms with E-state index in [1.807, 2.05) is 0 Å². The van der Waals surface area contributed by atoms with E-state index in [0.717, 1.165) is 60.9 Å². The van der Waals surface area contributed by atoms with Crippen LogP contribution in [0.3, 0.4) is 0 Å². The van der Waals surface area contributed by atoms with Crippen LogP contribution in [0, 0.1) is 6.57 Å². The summed E-state index contributed by atoms with van der Waals surface area (Å²) in [4.78, 5) is 4.52. The molecule has 0 saturated carbocycles. The highest BCUT2D eigenvalue weighted by Gasteiger charge is 2.29. The lowest BCUT2D eigenvalue weighted by Crippen LogP contribution is -2.10. The van der Waals surface area contributed by atoms with Crippen molar-refractivity contribution in [2.24, 2.45) is 0 Å². The van der Waals surface area contributed by atoms with Crippen molar-refractivity contribution in [3.8, 4) is 17.1 Å². The summed E-state index contributed by atoms with van der Waals surface area (Å²) in [6, 6.07) is 49.7. The second-order valence-corrected chi connectivity index (χ2v) is 21.9. The molecule has 0 bridgehead atoms. The molecule has 4 heteroatoms. The molecule has 0 unspecified atom stereocenters. The lowest BCUT2D eigenvalue weighted by atomic mass is 9.85. The van der Waals surface area contributed by atoms with Gasteiger partial charge in [-0.15, -0.1) is 0 Å². The maximum absolute atomic E-state index is 9.13. The first-order valence-electron chi connectivity index (χ1n) is 22.5. The molecule has 0 N–H and O–H groups in total. The highest BCUT2D eigenvalue weighted by molar-refractivity contribution is 6.22. The van der Waals surface area contributed by atoms with Crippen LogP contribution < -0.4 is 0 Å². The first-order chi connectivity index (χ1) is 29.8. The predicted octanol–water partition coefficient (Wildman–Crippen LogP) is 16.7. The van der Waals surface area contributed by atoms with Gasteiger partial charge in [0.05, 0.1) is 51.0 Å². The maximum Gasteiger partial charge on any atom is 0.213 e. The van der Waals surface area contributed by atoms with Crippen molar-refractivity contribution in [1.29, 1.82) is 0 Å². The van der Waals surface area contributed by atoms with E-state index in [1.54, 1.807) is 0 Å². The SMILES string of the molecule is [C-]#[N+]c1cc(-n2c3ccc(C(C)(C)C)cc3c3cc(C(C)(C)C)ccc32)c2c(c1-n1c3ccc(C(C)(C)C)cc3c3cc(C(C)(C)C)ccc31)c1ccccc1n2-c1ccccc1. The summed E-state index contributed by atoms with van der Waals surface area (Å²) in [7, 11) is 0. The summed E-state index contributed by atoms with van der Waals surface area (Å²) in [6.45, 7) is 36.6. The summed E-state index contributed by atoms with van der Waals surface area (Å²) in [5, 5.41) is 7.02. The second-order valence-electron chi connectivity index (χ2n) is 21.9. The van der Waals surface area contributed by atoms with E-state index in [9.17, 15) is 0 Å². The quantitative estimate of drug-likeness (QED) is 0.158. The van der Waals surface area contributed by atoms with Crippen LogP contribution in [-0.2, 0) is 21.7 Å². The number of nitrogens with zero attached hydrogens (tertiary/aromatic N) is 4. The summed E-state index contributed by atoms with van der Waals surface area (Å²) in [6.07, 6.45) is 0. The molecule has 63 heavy (non-hydrogen) atoms. The van der Waals surface area contributed by atoms with E-state index in [4.69, 9.17) is 6.57 Å². The molecule has 0 aliphatic heterocycles. The fourth-order valence-electron chi connectivity index (χ4n) is 9.86. The van der Waals surface area contributed by atoms with Crippen LogP contribution in [0.4, 0.5) is 5.69 Å². The Balaban J connectivity index is 1.44. The van der Waals surface area contributed by atoms with Crippen molar-refractivity contribution in [3.63, 3.8) is 0 Å². The maximum atomic E-state index is 9.13. The van der Waals surface area contributed by atoms with Crippen molar-refractivity contribution in [2.75, 3.05) is 0 Å². The Morgan fingerprint density at radius 3 is 1.17 bits per heavy atom. The number of para-hydroxylation sites is 2. The van der Waals surface area contributed by atoms with Crippen molar-refractivity contribution in [2.45, 2.75) is 105 Å². The van der Waals surface area contributed by atoms with Gasteiger partial charge in [0, 0.05) is 38.0 Å². The Labute approximate surface area is 372 Å². The van der Waals surface area contributed by atoms with Crippen molar-refractivity contribution < 1.29 is 0 Å². The van der Waals surface area contributed by atoms with E-state index in [1.165, 1.54) is 43.8 Å². The topological polar surface area (TPSA) is 19.1 Å². The first-order valence-corrected chi connectivity index (χ1v) is 22.5. The van der Waals surface area contributed by atoms with Crippen LogP contribution in [0.2, 0.25) is 0 Å². The van der Waals surface area contributed by atoms with Crippen LogP contribution in [0.5, 0.6) is 0 Å². The number of benzene rings is 7. The van der Waals surface area contributed by atoms with E-state index in [-0.39, 0.29) is 21.7 Å². The molecule has 4 nitrogen and oxygen atoms in total. The van der Waals surface area contributed by atoms with Gasteiger partial charge >= 0.3 is 0 Å². The Kier molecular flexibility index (Phi) is 8.82. The smallest absolute Gasteiger partial charge is 0.213 e. The molecule has 0 fully saturated rings. The lowest BCUT2D eigenvalue weighted by molar-refractivity contribution is 0.590. The zero-order valence-corrected chi connectivity index (χ0v) is 39.0. The van der Waals surface area contributed by atoms with Gasteiger partial charge in [-0.1, -0.05) is 144 Å². The molecule has 7 aromatic carbocycles. The largest absolute Gasteiger partial charge is 0.318 e. The highest BCUT2D eigenvalue weighted by Crippen LogP contribution is 2.49. The normalized spacial score (nSPS) is 13.1. The van der Waals surface area contributed by atoms with Crippen LogP contribution >= 0.6 is 0 Å². The minimum atomic E-state index is -0.0342. The molecule has 3 heterocycles. The third kappa shape index (κ3) is 6.30. The average Bonchev–Trinajstić information content (AvgIpc) is 3.87. The predicted molar refractivity (Wildman–Crippen MR) is 271 cm³/mol. The molecule has 0 radical (unpaired) electrons.